The summed E-state index contributed by atoms with van der Waals surface area (Å²) in [6, 6.07) is 12.3. The van der Waals surface area contributed by atoms with Crippen molar-refractivity contribution in [2.75, 3.05) is 13.1 Å². The topological polar surface area (TPSA) is 113 Å². The van der Waals surface area contributed by atoms with Crippen molar-refractivity contribution in [1.29, 1.82) is 0 Å². The summed E-state index contributed by atoms with van der Waals surface area (Å²) in [5.41, 5.74) is 0.155. The van der Waals surface area contributed by atoms with Crippen LogP contribution in [0.1, 0.15) is 56.0 Å². The normalized spacial score (nSPS) is 15.8. The van der Waals surface area contributed by atoms with E-state index in [1.54, 1.807) is 45.0 Å². The SMILES string of the molecule is CC(C)(C)NS(=O)(=O)c1ccc(C(=O)NCc2ccccc2S(=O)(=O)N2CCCCC2)cc1. The van der Waals surface area contributed by atoms with E-state index >= 15 is 0 Å². The number of sulfonamides is 2. The van der Waals surface area contributed by atoms with E-state index in [1.165, 1.54) is 28.6 Å². The molecular formula is C23H31N3O5S2. The Labute approximate surface area is 196 Å². The van der Waals surface area contributed by atoms with Gasteiger partial charge in [-0.25, -0.2) is 21.6 Å². The summed E-state index contributed by atoms with van der Waals surface area (Å²) < 4.78 is 55.1. The largest absolute Gasteiger partial charge is 0.348 e. The first-order valence-electron chi connectivity index (χ1n) is 10.9. The number of nitrogens with one attached hydrogen (secondary N) is 2. The Bertz CT molecular complexity index is 1200. The first-order valence-corrected chi connectivity index (χ1v) is 13.8. The van der Waals surface area contributed by atoms with Crippen LogP contribution in [-0.4, -0.2) is 45.7 Å². The van der Waals surface area contributed by atoms with Crippen molar-refractivity contribution in [3.63, 3.8) is 0 Å². The number of benzene rings is 2. The number of hydrogen-bond donors (Lipinski definition) is 2. The van der Waals surface area contributed by atoms with Gasteiger partial charge in [0.05, 0.1) is 9.79 Å². The summed E-state index contributed by atoms with van der Waals surface area (Å²) >= 11 is 0. The molecule has 0 bridgehead atoms. The molecule has 1 aliphatic rings. The second kappa shape index (κ2) is 9.92. The van der Waals surface area contributed by atoms with Crippen LogP contribution in [0.4, 0.5) is 0 Å². The Kier molecular flexibility index (Phi) is 7.62. The number of amides is 1. The van der Waals surface area contributed by atoms with E-state index < -0.39 is 31.5 Å². The second-order valence-electron chi connectivity index (χ2n) is 9.14. The van der Waals surface area contributed by atoms with Crippen LogP contribution >= 0.6 is 0 Å². The number of rotatable bonds is 7. The van der Waals surface area contributed by atoms with Crippen molar-refractivity contribution in [2.45, 2.75) is 61.9 Å². The maximum atomic E-state index is 13.1. The lowest BCUT2D eigenvalue weighted by Crippen LogP contribution is -2.40. The molecule has 1 fully saturated rings. The highest BCUT2D eigenvalue weighted by atomic mass is 32.2. The van der Waals surface area contributed by atoms with Crippen LogP contribution in [0, 0.1) is 0 Å². The van der Waals surface area contributed by atoms with Gasteiger partial charge in [0.25, 0.3) is 5.91 Å². The van der Waals surface area contributed by atoms with Gasteiger partial charge < -0.3 is 5.32 Å². The second-order valence-corrected chi connectivity index (χ2v) is 12.7. The first-order chi connectivity index (χ1) is 15.4. The number of nitrogens with zero attached hydrogens (tertiary/aromatic N) is 1. The molecule has 0 radical (unpaired) electrons. The fraction of sp³-hybridized carbons (Fsp3) is 0.435. The number of hydrogen-bond acceptors (Lipinski definition) is 5. The van der Waals surface area contributed by atoms with E-state index in [4.69, 9.17) is 0 Å². The van der Waals surface area contributed by atoms with E-state index in [2.05, 4.69) is 10.0 Å². The molecule has 1 saturated heterocycles. The monoisotopic (exact) mass is 493 g/mol. The average molecular weight is 494 g/mol. The van der Waals surface area contributed by atoms with Crippen molar-refractivity contribution in [1.82, 2.24) is 14.3 Å². The Morgan fingerprint density at radius 3 is 2.12 bits per heavy atom. The minimum atomic E-state index is -3.70. The Balaban J connectivity index is 1.72. The minimum Gasteiger partial charge on any atom is -0.348 e. The molecule has 0 aromatic heterocycles. The van der Waals surface area contributed by atoms with Gasteiger partial charge in [-0.1, -0.05) is 24.6 Å². The predicted octanol–water partition coefficient (Wildman–Crippen LogP) is 2.87. The first kappa shape index (κ1) is 25.4. The highest BCUT2D eigenvalue weighted by Crippen LogP contribution is 2.23. The fourth-order valence-electron chi connectivity index (χ4n) is 3.67. The molecule has 1 heterocycles. The molecule has 2 aromatic rings. The maximum Gasteiger partial charge on any atom is 0.251 e. The third-order valence-electron chi connectivity index (χ3n) is 5.21. The van der Waals surface area contributed by atoms with Gasteiger partial charge in [-0.05, 0) is 69.5 Å². The molecule has 3 rings (SSSR count). The molecule has 1 amide bonds. The third-order valence-corrected chi connectivity index (χ3v) is 8.99. The van der Waals surface area contributed by atoms with Crippen molar-refractivity contribution in [3.8, 4) is 0 Å². The summed E-state index contributed by atoms with van der Waals surface area (Å²) in [5, 5.41) is 2.74. The van der Waals surface area contributed by atoms with Crippen LogP contribution in [0.5, 0.6) is 0 Å². The minimum absolute atomic E-state index is 0.0354. The van der Waals surface area contributed by atoms with Gasteiger partial charge in [0, 0.05) is 30.7 Å². The van der Waals surface area contributed by atoms with Crippen LogP contribution < -0.4 is 10.0 Å². The van der Waals surface area contributed by atoms with E-state index in [0.717, 1.165) is 19.3 Å². The highest BCUT2D eigenvalue weighted by molar-refractivity contribution is 7.89. The number of carbonyl (C=O) groups is 1. The molecule has 180 valence electrons. The molecule has 0 atom stereocenters. The molecule has 8 nitrogen and oxygen atoms in total. The van der Waals surface area contributed by atoms with Crippen LogP contribution in [0.2, 0.25) is 0 Å². The maximum absolute atomic E-state index is 13.1. The van der Waals surface area contributed by atoms with E-state index in [0.29, 0.717) is 18.7 Å². The molecule has 2 aromatic carbocycles. The van der Waals surface area contributed by atoms with Crippen molar-refractivity contribution in [2.24, 2.45) is 0 Å². The van der Waals surface area contributed by atoms with Gasteiger partial charge in [0.1, 0.15) is 0 Å². The summed E-state index contributed by atoms with van der Waals surface area (Å²) in [6.07, 6.45) is 2.71. The summed E-state index contributed by atoms with van der Waals surface area (Å²) in [6.45, 7) is 6.28. The van der Waals surface area contributed by atoms with Gasteiger partial charge in [-0.15, -0.1) is 0 Å². The standard InChI is InChI=1S/C23H31N3O5S2/c1-23(2,3)25-32(28,29)20-13-11-18(12-14-20)22(27)24-17-19-9-5-6-10-21(19)33(30,31)26-15-7-4-8-16-26/h5-6,9-14,25H,4,7-8,15-17H2,1-3H3,(H,24,27). The predicted molar refractivity (Wildman–Crippen MR) is 127 cm³/mol. The molecule has 0 aliphatic carbocycles. The highest BCUT2D eigenvalue weighted by Gasteiger charge is 2.28. The lowest BCUT2D eigenvalue weighted by atomic mass is 10.1. The van der Waals surface area contributed by atoms with Crippen molar-refractivity contribution in [3.05, 3.63) is 59.7 Å². The fourth-order valence-corrected chi connectivity index (χ4v) is 6.83. The van der Waals surface area contributed by atoms with Crippen LogP contribution in [0.3, 0.4) is 0 Å². The van der Waals surface area contributed by atoms with Crippen LogP contribution in [0.15, 0.2) is 58.3 Å². The van der Waals surface area contributed by atoms with Crippen molar-refractivity contribution >= 4 is 26.0 Å². The van der Waals surface area contributed by atoms with Crippen LogP contribution in [-0.2, 0) is 26.6 Å². The number of carbonyl (C=O) groups excluding carboxylic acids is 1. The molecular weight excluding hydrogens is 462 g/mol. The quantitative estimate of drug-likeness (QED) is 0.616. The Morgan fingerprint density at radius 1 is 0.909 bits per heavy atom. The lowest BCUT2D eigenvalue weighted by Gasteiger charge is -2.26. The Morgan fingerprint density at radius 2 is 1.52 bits per heavy atom. The van der Waals surface area contributed by atoms with Gasteiger partial charge in [0.15, 0.2) is 0 Å². The summed E-state index contributed by atoms with van der Waals surface area (Å²) in [5.74, 6) is -0.423. The molecule has 0 saturated carbocycles. The third kappa shape index (κ3) is 6.41. The summed E-state index contributed by atoms with van der Waals surface area (Å²) in [7, 11) is -7.34. The zero-order valence-corrected chi connectivity index (χ0v) is 20.8. The van der Waals surface area contributed by atoms with E-state index in [-0.39, 0.29) is 21.9 Å². The molecule has 2 N–H and O–H groups in total. The molecule has 33 heavy (non-hydrogen) atoms. The zero-order valence-electron chi connectivity index (χ0n) is 19.2. The van der Waals surface area contributed by atoms with Gasteiger partial charge in [0.2, 0.25) is 20.0 Å². The Hall–Kier alpha value is -2.27. The molecule has 0 spiro atoms. The average Bonchev–Trinajstić information content (AvgIpc) is 2.77. The van der Waals surface area contributed by atoms with Gasteiger partial charge in [-0.2, -0.15) is 4.31 Å². The van der Waals surface area contributed by atoms with E-state index in [9.17, 15) is 21.6 Å². The molecule has 0 unspecified atom stereocenters. The van der Waals surface area contributed by atoms with Gasteiger partial charge in [-0.3, -0.25) is 4.79 Å². The zero-order chi connectivity index (χ0) is 24.3. The van der Waals surface area contributed by atoms with Crippen molar-refractivity contribution < 1.29 is 21.6 Å². The smallest absolute Gasteiger partial charge is 0.251 e. The van der Waals surface area contributed by atoms with Gasteiger partial charge >= 0.3 is 0 Å². The number of piperidine rings is 1. The molecule has 10 heteroatoms. The summed E-state index contributed by atoms with van der Waals surface area (Å²) in [4.78, 5) is 12.9. The lowest BCUT2D eigenvalue weighted by molar-refractivity contribution is 0.0950. The van der Waals surface area contributed by atoms with E-state index in [1.807, 2.05) is 0 Å². The van der Waals surface area contributed by atoms with Crippen LogP contribution in [0.25, 0.3) is 0 Å². The molecule has 1 aliphatic heterocycles.